The van der Waals surface area contributed by atoms with Gasteiger partial charge in [-0.2, -0.15) is 0 Å². The van der Waals surface area contributed by atoms with Crippen LogP contribution in [0, 0.1) is 0 Å². The van der Waals surface area contributed by atoms with Crippen LogP contribution >= 0.6 is 11.3 Å². The van der Waals surface area contributed by atoms with Crippen LogP contribution in [0.1, 0.15) is 36.1 Å². The van der Waals surface area contributed by atoms with Crippen molar-refractivity contribution in [1.29, 1.82) is 0 Å². The average Bonchev–Trinajstić information content (AvgIpc) is 2.88. The van der Waals surface area contributed by atoms with Crippen LogP contribution in [-0.4, -0.2) is 22.7 Å². The first-order valence-corrected chi connectivity index (χ1v) is 7.39. The van der Waals surface area contributed by atoms with Gasteiger partial charge < -0.3 is 10.5 Å². The zero-order valence-electron chi connectivity index (χ0n) is 12.2. The minimum atomic E-state index is -0.570. The van der Waals surface area contributed by atoms with Gasteiger partial charge in [0.05, 0.1) is 12.1 Å². The summed E-state index contributed by atoms with van der Waals surface area (Å²) >= 11 is 1.27. The molecule has 6 nitrogen and oxygen atoms in total. The van der Waals surface area contributed by atoms with Gasteiger partial charge in [0.2, 0.25) is 5.13 Å². The van der Waals surface area contributed by atoms with E-state index in [1.165, 1.54) is 11.3 Å². The summed E-state index contributed by atoms with van der Waals surface area (Å²) in [6.07, 6.45) is 0. The Morgan fingerprint density at radius 3 is 2.52 bits per heavy atom. The number of carbonyl (C=O) groups excluding carboxylic acids is 1. The number of ether oxygens (including phenoxy) is 1. The van der Waals surface area contributed by atoms with E-state index in [0.29, 0.717) is 22.3 Å². The molecule has 1 heterocycles. The highest BCUT2D eigenvalue weighted by atomic mass is 32.1. The molecule has 21 heavy (non-hydrogen) atoms. The zero-order chi connectivity index (χ0) is 15.5. The lowest BCUT2D eigenvalue weighted by Gasteiger charge is -2.12. The second-order valence-electron chi connectivity index (χ2n) is 5.05. The highest BCUT2D eigenvalue weighted by Crippen LogP contribution is 2.24. The van der Waals surface area contributed by atoms with Crippen molar-refractivity contribution in [3.8, 4) is 5.75 Å². The predicted molar refractivity (Wildman–Crippen MR) is 82.7 cm³/mol. The second-order valence-corrected chi connectivity index (χ2v) is 6.02. The predicted octanol–water partition coefficient (Wildman–Crippen LogP) is 2.38. The van der Waals surface area contributed by atoms with Gasteiger partial charge in [0.1, 0.15) is 10.8 Å². The van der Waals surface area contributed by atoms with Crippen molar-refractivity contribution in [3.63, 3.8) is 0 Å². The number of amides is 1. The molecule has 0 aliphatic rings. The Morgan fingerprint density at radius 2 is 2.00 bits per heavy atom. The molecule has 0 radical (unpaired) electrons. The van der Waals surface area contributed by atoms with E-state index < -0.39 is 5.54 Å². The van der Waals surface area contributed by atoms with E-state index >= 15 is 0 Å². The van der Waals surface area contributed by atoms with E-state index in [9.17, 15) is 4.79 Å². The maximum Gasteiger partial charge on any atom is 0.257 e. The highest BCUT2D eigenvalue weighted by molar-refractivity contribution is 7.15. The molecule has 0 fully saturated rings. The lowest BCUT2D eigenvalue weighted by molar-refractivity contribution is 0.102. The summed E-state index contributed by atoms with van der Waals surface area (Å²) in [5, 5.41) is 11.7. The van der Waals surface area contributed by atoms with Crippen molar-refractivity contribution in [3.05, 3.63) is 34.8 Å². The monoisotopic (exact) mass is 306 g/mol. The molecule has 1 aromatic heterocycles. The Balaban J connectivity index is 2.05. The molecular formula is C14H18N4O2S. The summed E-state index contributed by atoms with van der Waals surface area (Å²) in [5.41, 5.74) is 5.90. The van der Waals surface area contributed by atoms with E-state index in [1.54, 1.807) is 24.3 Å². The van der Waals surface area contributed by atoms with Crippen LogP contribution in [0.3, 0.4) is 0 Å². The highest BCUT2D eigenvalue weighted by Gasteiger charge is 2.20. The Bertz CT molecular complexity index is 617. The van der Waals surface area contributed by atoms with Gasteiger partial charge in [0.25, 0.3) is 5.91 Å². The van der Waals surface area contributed by atoms with Gasteiger partial charge >= 0.3 is 0 Å². The Kier molecular flexibility index (Phi) is 4.54. The van der Waals surface area contributed by atoms with Crippen LogP contribution in [0.15, 0.2) is 24.3 Å². The van der Waals surface area contributed by atoms with Crippen LogP contribution in [0.5, 0.6) is 5.75 Å². The van der Waals surface area contributed by atoms with E-state index in [4.69, 9.17) is 10.5 Å². The molecule has 0 saturated heterocycles. The third-order valence-corrected chi connectivity index (χ3v) is 3.80. The number of nitrogens with one attached hydrogen (secondary N) is 1. The first-order valence-electron chi connectivity index (χ1n) is 6.57. The number of carbonyl (C=O) groups is 1. The first kappa shape index (κ1) is 15.4. The number of hydrogen-bond acceptors (Lipinski definition) is 6. The summed E-state index contributed by atoms with van der Waals surface area (Å²) in [7, 11) is 0. The number of benzene rings is 1. The van der Waals surface area contributed by atoms with E-state index in [0.717, 1.165) is 5.75 Å². The number of rotatable bonds is 5. The molecule has 0 saturated carbocycles. The largest absolute Gasteiger partial charge is 0.494 e. The van der Waals surface area contributed by atoms with Crippen LogP contribution in [0.25, 0.3) is 0 Å². The fourth-order valence-electron chi connectivity index (χ4n) is 1.57. The van der Waals surface area contributed by atoms with Crippen molar-refractivity contribution < 1.29 is 9.53 Å². The molecule has 112 valence electrons. The molecule has 0 bridgehead atoms. The number of hydrogen-bond donors (Lipinski definition) is 2. The van der Waals surface area contributed by atoms with Gasteiger partial charge in [-0.3, -0.25) is 10.1 Å². The maximum absolute atomic E-state index is 12.1. The number of aromatic nitrogens is 2. The maximum atomic E-state index is 12.1. The van der Waals surface area contributed by atoms with Gasteiger partial charge in [0, 0.05) is 5.56 Å². The minimum Gasteiger partial charge on any atom is -0.494 e. The molecule has 7 heteroatoms. The van der Waals surface area contributed by atoms with Crippen LogP contribution in [0.4, 0.5) is 5.13 Å². The van der Waals surface area contributed by atoms with Crippen molar-refractivity contribution in [2.75, 3.05) is 11.9 Å². The Hall–Kier alpha value is -1.99. The third-order valence-electron chi connectivity index (χ3n) is 2.62. The van der Waals surface area contributed by atoms with Crippen LogP contribution in [-0.2, 0) is 5.54 Å². The average molecular weight is 306 g/mol. The molecule has 1 aromatic carbocycles. The van der Waals surface area contributed by atoms with E-state index in [-0.39, 0.29) is 5.91 Å². The van der Waals surface area contributed by atoms with Crippen molar-refractivity contribution >= 4 is 22.4 Å². The summed E-state index contributed by atoms with van der Waals surface area (Å²) in [6.45, 7) is 6.18. The summed E-state index contributed by atoms with van der Waals surface area (Å²) in [4.78, 5) is 12.1. The zero-order valence-corrected chi connectivity index (χ0v) is 13.0. The SMILES string of the molecule is CCOc1ccc(C(=O)Nc2nnc(C(C)(C)N)s2)cc1. The molecule has 0 unspecified atom stereocenters. The number of anilines is 1. The quantitative estimate of drug-likeness (QED) is 0.885. The van der Waals surface area contributed by atoms with Gasteiger partial charge in [-0.1, -0.05) is 11.3 Å². The van der Waals surface area contributed by atoms with Gasteiger partial charge in [-0.25, -0.2) is 0 Å². The van der Waals surface area contributed by atoms with Crippen molar-refractivity contribution in [1.82, 2.24) is 10.2 Å². The topological polar surface area (TPSA) is 90.1 Å². The normalized spacial score (nSPS) is 11.2. The molecule has 3 N–H and O–H groups in total. The number of nitrogens with zero attached hydrogens (tertiary/aromatic N) is 2. The lowest BCUT2D eigenvalue weighted by Crippen LogP contribution is -2.28. The Labute approximate surface area is 127 Å². The van der Waals surface area contributed by atoms with Gasteiger partial charge in [-0.05, 0) is 45.0 Å². The summed E-state index contributed by atoms with van der Waals surface area (Å²) < 4.78 is 5.33. The molecule has 2 aromatic rings. The molecule has 0 spiro atoms. The van der Waals surface area contributed by atoms with Crippen molar-refractivity contribution in [2.45, 2.75) is 26.3 Å². The van der Waals surface area contributed by atoms with E-state index in [1.807, 2.05) is 20.8 Å². The second kappa shape index (κ2) is 6.19. The minimum absolute atomic E-state index is 0.240. The smallest absolute Gasteiger partial charge is 0.257 e. The summed E-state index contributed by atoms with van der Waals surface area (Å²) in [5.74, 6) is 0.493. The molecule has 1 amide bonds. The van der Waals surface area contributed by atoms with Gasteiger partial charge in [-0.15, -0.1) is 10.2 Å². The molecule has 0 atom stereocenters. The standard InChI is InChI=1S/C14H18N4O2S/c1-4-20-10-7-5-9(6-8-10)11(19)16-13-18-17-12(21-13)14(2,3)15/h5-8H,4,15H2,1-3H3,(H,16,18,19). The fraction of sp³-hybridized carbons (Fsp3) is 0.357. The summed E-state index contributed by atoms with van der Waals surface area (Å²) in [6, 6.07) is 6.92. The van der Waals surface area contributed by atoms with Gasteiger partial charge in [0.15, 0.2) is 0 Å². The molecular weight excluding hydrogens is 288 g/mol. The first-order chi connectivity index (χ1) is 9.90. The lowest BCUT2D eigenvalue weighted by atomic mass is 10.1. The molecule has 0 aliphatic carbocycles. The Morgan fingerprint density at radius 1 is 1.33 bits per heavy atom. The van der Waals surface area contributed by atoms with Crippen LogP contribution < -0.4 is 15.8 Å². The molecule has 0 aliphatic heterocycles. The fourth-order valence-corrected chi connectivity index (χ4v) is 2.33. The van der Waals surface area contributed by atoms with E-state index in [2.05, 4.69) is 15.5 Å². The number of nitrogens with two attached hydrogens (primary N) is 1. The molecule has 2 rings (SSSR count). The van der Waals surface area contributed by atoms with Crippen molar-refractivity contribution in [2.24, 2.45) is 5.73 Å². The third kappa shape index (κ3) is 3.99. The van der Waals surface area contributed by atoms with Crippen LogP contribution in [0.2, 0.25) is 0 Å².